The van der Waals surface area contributed by atoms with Gasteiger partial charge in [0, 0.05) is 23.3 Å². The first-order chi connectivity index (χ1) is 15.5. The largest absolute Gasteiger partial charge is 0.508 e. The van der Waals surface area contributed by atoms with Gasteiger partial charge in [-0.3, -0.25) is 0 Å². The Morgan fingerprint density at radius 2 is 0.906 bits per heavy atom. The molecule has 0 fully saturated rings. The van der Waals surface area contributed by atoms with Gasteiger partial charge in [0.1, 0.15) is 5.75 Å². The summed E-state index contributed by atoms with van der Waals surface area (Å²) in [5.74, 6) is 0.905. The van der Waals surface area contributed by atoms with Crippen molar-refractivity contribution in [2.24, 2.45) is 0 Å². The van der Waals surface area contributed by atoms with E-state index in [1.54, 1.807) is 0 Å². The molecule has 0 amide bonds. The summed E-state index contributed by atoms with van der Waals surface area (Å²) < 4.78 is 0. The summed E-state index contributed by atoms with van der Waals surface area (Å²) in [5.41, 5.74) is 8.51. The lowest BCUT2D eigenvalue weighted by Gasteiger charge is -2.28. The molecule has 0 bridgehead atoms. The Balaban J connectivity index is 1.92. The standard InChI is InChI=1S/C31H32O/c1-21(25-14-8-5-9-15-25)28-20-29(32)31(23(3)27-18-12-7-13-19-27)24(4)30(28)22(2)26-16-10-6-11-17-26/h5-23,32H,1-4H3. The molecule has 32 heavy (non-hydrogen) atoms. The average molecular weight is 421 g/mol. The van der Waals surface area contributed by atoms with Crippen LogP contribution in [0.15, 0.2) is 97.1 Å². The fourth-order valence-electron chi connectivity index (χ4n) is 5.07. The van der Waals surface area contributed by atoms with E-state index in [1.165, 1.54) is 33.4 Å². The number of phenolic OH excluding ortho intramolecular Hbond substituents is 1. The first-order valence-corrected chi connectivity index (χ1v) is 11.5. The van der Waals surface area contributed by atoms with Crippen LogP contribution in [0, 0.1) is 6.92 Å². The molecule has 3 unspecified atom stereocenters. The Kier molecular flexibility index (Phi) is 6.46. The second-order valence-electron chi connectivity index (χ2n) is 8.83. The Bertz CT molecular complexity index is 1160. The van der Waals surface area contributed by atoms with Crippen LogP contribution in [0.4, 0.5) is 0 Å². The van der Waals surface area contributed by atoms with E-state index in [0.717, 1.165) is 5.56 Å². The molecule has 1 N–H and O–H groups in total. The van der Waals surface area contributed by atoms with Crippen molar-refractivity contribution in [3.63, 3.8) is 0 Å². The number of aromatic hydroxyl groups is 1. The molecule has 0 saturated carbocycles. The molecule has 0 aliphatic carbocycles. The van der Waals surface area contributed by atoms with Gasteiger partial charge >= 0.3 is 0 Å². The van der Waals surface area contributed by atoms with E-state index in [9.17, 15) is 5.11 Å². The first-order valence-electron chi connectivity index (χ1n) is 11.5. The highest BCUT2D eigenvalue weighted by atomic mass is 16.3. The van der Waals surface area contributed by atoms with Crippen LogP contribution in [0.3, 0.4) is 0 Å². The van der Waals surface area contributed by atoms with Crippen LogP contribution in [0.5, 0.6) is 5.75 Å². The van der Waals surface area contributed by atoms with Gasteiger partial charge in [0.05, 0.1) is 0 Å². The fourth-order valence-corrected chi connectivity index (χ4v) is 5.07. The van der Waals surface area contributed by atoms with Crippen molar-refractivity contribution in [3.05, 3.63) is 136 Å². The molecule has 4 aromatic carbocycles. The van der Waals surface area contributed by atoms with E-state index in [1.807, 2.05) is 12.1 Å². The highest BCUT2D eigenvalue weighted by Crippen LogP contribution is 2.44. The summed E-state index contributed by atoms with van der Waals surface area (Å²) in [4.78, 5) is 0. The maximum absolute atomic E-state index is 11.3. The van der Waals surface area contributed by atoms with Gasteiger partial charge in [0.15, 0.2) is 0 Å². The first kappa shape index (κ1) is 21.9. The summed E-state index contributed by atoms with van der Waals surface area (Å²) in [5, 5.41) is 11.3. The van der Waals surface area contributed by atoms with Gasteiger partial charge in [0.25, 0.3) is 0 Å². The molecule has 0 aliphatic rings. The Labute approximate surface area is 192 Å². The van der Waals surface area contributed by atoms with Crippen molar-refractivity contribution in [3.8, 4) is 5.75 Å². The van der Waals surface area contributed by atoms with Crippen molar-refractivity contribution in [2.45, 2.75) is 45.4 Å². The fraction of sp³-hybridized carbons (Fsp3) is 0.226. The summed E-state index contributed by atoms with van der Waals surface area (Å²) in [7, 11) is 0. The minimum absolute atomic E-state index is 0.110. The molecule has 0 heterocycles. The predicted octanol–water partition coefficient (Wildman–Crippen LogP) is 8.16. The van der Waals surface area contributed by atoms with Gasteiger partial charge in [0.2, 0.25) is 0 Å². The Hall–Kier alpha value is -3.32. The minimum Gasteiger partial charge on any atom is -0.508 e. The molecule has 162 valence electrons. The average Bonchev–Trinajstić information content (AvgIpc) is 2.84. The smallest absolute Gasteiger partial charge is 0.119 e. The number of phenols is 1. The lowest BCUT2D eigenvalue weighted by Crippen LogP contribution is -2.11. The van der Waals surface area contributed by atoms with E-state index in [2.05, 4.69) is 113 Å². The molecule has 4 rings (SSSR count). The van der Waals surface area contributed by atoms with E-state index in [-0.39, 0.29) is 17.8 Å². The monoisotopic (exact) mass is 420 g/mol. The molecule has 3 atom stereocenters. The summed E-state index contributed by atoms with van der Waals surface area (Å²) in [6, 6.07) is 33.7. The molecule has 0 radical (unpaired) electrons. The van der Waals surface area contributed by atoms with Crippen LogP contribution >= 0.6 is 0 Å². The van der Waals surface area contributed by atoms with Crippen molar-refractivity contribution in [2.75, 3.05) is 0 Å². The number of benzene rings is 4. The number of hydrogen-bond donors (Lipinski definition) is 1. The molecule has 0 spiro atoms. The van der Waals surface area contributed by atoms with Crippen LogP contribution < -0.4 is 0 Å². The third-order valence-electron chi connectivity index (χ3n) is 6.92. The Morgan fingerprint density at radius 1 is 0.531 bits per heavy atom. The molecule has 0 saturated heterocycles. The molecular formula is C31H32O. The molecular weight excluding hydrogens is 388 g/mol. The normalized spacial score (nSPS) is 14.0. The van der Waals surface area contributed by atoms with Gasteiger partial charge in [-0.25, -0.2) is 0 Å². The van der Waals surface area contributed by atoms with Crippen LogP contribution in [0.1, 0.15) is 77.5 Å². The van der Waals surface area contributed by atoms with Crippen molar-refractivity contribution in [1.29, 1.82) is 0 Å². The van der Waals surface area contributed by atoms with Crippen molar-refractivity contribution < 1.29 is 5.11 Å². The van der Waals surface area contributed by atoms with Crippen LogP contribution in [0.2, 0.25) is 0 Å². The summed E-state index contributed by atoms with van der Waals surface area (Å²) in [6.45, 7) is 8.90. The Morgan fingerprint density at radius 3 is 1.34 bits per heavy atom. The third kappa shape index (κ3) is 4.21. The van der Waals surface area contributed by atoms with Gasteiger partial charge < -0.3 is 5.11 Å². The zero-order chi connectivity index (χ0) is 22.7. The molecule has 0 aromatic heterocycles. The maximum Gasteiger partial charge on any atom is 0.119 e. The van der Waals surface area contributed by atoms with Gasteiger partial charge in [-0.05, 0) is 46.4 Å². The maximum atomic E-state index is 11.3. The number of hydrogen-bond acceptors (Lipinski definition) is 1. The van der Waals surface area contributed by atoms with Crippen LogP contribution in [-0.2, 0) is 0 Å². The van der Waals surface area contributed by atoms with Crippen LogP contribution in [-0.4, -0.2) is 5.11 Å². The van der Waals surface area contributed by atoms with Gasteiger partial charge in [-0.2, -0.15) is 0 Å². The number of rotatable bonds is 6. The van der Waals surface area contributed by atoms with E-state index in [4.69, 9.17) is 0 Å². The third-order valence-corrected chi connectivity index (χ3v) is 6.92. The van der Waals surface area contributed by atoms with Gasteiger partial charge in [-0.15, -0.1) is 0 Å². The second-order valence-corrected chi connectivity index (χ2v) is 8.83. The zero-order valence-corrected chi connectivity index (χ0v) is 19.4. The highest BCUT2D eigenvalue weighted by molar-refractivity contribution is 5.57. The van der Waals surface area contributed by atoms with E-state index in [0.29, 0.717) is 5.75 Å². The lowest BCUT2D eigenvalue weighted by atomic mass is 9.76. The summed E-state index contributed by atoms with van der Waals surface area (Å²) in [6.07, 6.45) is 0. The minimum atomic E-state index is 0.110. The SMILES string of the molecule is Cc1c(C(C)c2ccccc2)c(O)cc(C(C)c2ccccc2)c1C(C)c1ccccc1. The molecule has 4 aromatic rings. The van der Waals surface area contributed by atoms with Crippen molar-refractivity contribution >= 4 is 0 Å². The van der Waals surface area contributed by atoms with Gasteiger partial charge in [-0.1, -0.05) is 112 Å². The molecule has 1 heteroatoms. The predicted molar refractivity (Wildman–Crippen MR) is 135 cm³/mol. The van der Waals surface area contributed by atoms with Crippen LogP contribution in [0.25, 0.3) is 0 Å². The zero-order valence-electron chi connectivity index (χ0n) is 19.4. The highest BCUT2D eigenvalue weighted by Gasteiger charge is 2.26. The van der Waals surface area contributed by atoms with E-state index < -0.39 is 0 Å². The quantitative estimate of drug-likeness (QED) is 0.333. The molecule has 1 nitrogen and oxygen atoms in total. The second kappa shape index (κ2) is 9.44. The molecule has 0 aliphatic heterocycles. The lowest BCUT2D eigenvalue weighted by molar-refractivity contribution is 0.463. The topological polar surface area (TPSA) is 20.2 Å². The summed E-state index contributed by atoms with van der Waals surface area (Å²) >= 11 is 0. The van der Waals surface area contributed by atoms with Crippen molar-refractivity contribution in [1.82, 2.24) is 0 Å². The van der Waals surface area contributed by atoms with E-state index >= 15 is 0 Å².